The van der Waals surface area contributed by atoms with Crippen LogP contribution in [0.5, 0.6) is 0 Å². The van der Waals surface area contributed by atoms with E-state index in [0.29, 0.717) is 38.3 Å². The van der Waals surface area contributed by atoms with Gasteiger partial charge in [-0.1, -0.05) is 6.07 Å². The monoisotopic (exact) mass is 294 g/mol. The van der Waals surface area contributed by atoms with Gasteiger partial charge in [0, 0.05) is 43.4 Å². The molecular formula is C13H18N4O4. The average Bonchev–Trinajstić information content (AvgIpc) is 2.47. The van der Waals surface area contributed by atoms with Crippen molar-refractivity contribution in [1.29, 1.82) is 0 Å². The first-order valence-electron chi connectivity index (χ1n) is 6.62. The van der Waals surface area contributed by atoms with Crippen LogP contribution in [-0.4, -0.2) is 48.1 Å². The molecule has 1 heterocycles. The van der Waals surface area contributed by atoms with Gasteiger partial charge in [-0.05, 0) is 6.07 Å². The lowest BCUT2D eigenvalue weighted by molar-refractivity contribution is -0.385. The molecule has 0 aliphatic carbocycles. The van der Waals surface area contributed by atoms with E-state index in [0.717, 1.165) is 0 Å². The molecule has 1 saturated heterocycles. The number of hydrogen-bond donors (Lipinski definition) is 2. The van der Waals surface area contributed by atoms with Crippen LogP contribution >= 0.6 is 0 Å². The third kappa shape index (κ3) is 3.75. The van der Waals surface area contributed by atoms with Crippen LogP contribution in [0.25, 0.3) is 0 Å². The van der Waals surface area contributed by atoms with Gasteiger partial charge < -0.3 is 16.2 Å². The zero-order valence-corrected chi connectivity index (χ0v) is 11.5. The van der Waals surface area contributed by atoms with Gasteiger partial charge >= 0.3 is 0 Å². The summed E-state index contributed by atoms with van der Waals surface area (Å²) in [5, 5.41) is 11.1. The Morgan fingerprint density at radius 1 is 1.52 bits per heavy atom. The zero-order valence-electron chi connectivity index (χ0n) is 11.5. The van der Waals surface area contributed by atoms with Crippen molar-refractivity contribution in [2.24, 2.45) is 11.5 Å². The van der Waals surface area contributed by atoms with Crippen molar-refractivity contribution in [3.05, 3.63) is 39.4 Å². The maximum absolute atomic E-state index is 11.1. The van der Waals surface area contributed by atoms with E-state index in [9.17, 15) is 14.9 Å². The summed E-state index contributed by atoms with van der Waals surface area (Å²) in [5.41, 5.74) is 11.3. The fraction of sp³-hybridized carbons (Fsp3) is 0.462. The van der Waals surface area contributed by atoms with Crippen LogP contribution in [0.2, 0.25) is 0 Å². The van der Waals surface area contributed by atoms with Crippen LogP contribution in [0, 0.1) is 10.1 Å². The topological polar surface area (TPSA) is 125 Å². The number of morpholine rings is 1. The van der Waals surface area contributed by atoms with Gasteiger partial charge in [0.25, 0.3) is 5.69 Å². The van der Waals surface area contributed by atoms with Crippen LogP contribution in [0.4, 0.5) is 5.69 Å². The first-order chi connectivity index (χ1) is 10.0. The Balaban J connectivity index is 2.19. The molecular weight excluding hydrogens is 276 g/mol. The molecule has 0 aromatic heterocycles. The molecule has 4 N–H and O–H groups in total. The van der Waals surface area contributed by atoms with Gasteiger partial charge in [-0.3, -0.25) is 19.8 Å². The molecule has 0 bridgehead atoms. The molecule has 1 unspecified atom stereocenters. The van der Waals surface area contributed by atoms with Crippen LogP contribution in [-0.2, 0) is 11.3 Å². The third-order valence-corrected chi connectivity index (χ3v) is 3.45. The molecule has 2 rings (SSSR count). The van der Waals surface area contributed by atoms with Gasteiger partial charge in [-0.25, -0.2) is 0 Å². The van der Waals surface area contributed by atoms with Gasteiger partial charge in [-0.2, -0.15) is 0 Å². The fourth-order valence-electron chi connectivity index (χ4n) is 2.33. The highest BCUT2D eigenvalue weighted by molar-refractivity contribution is 5.93. The normalized spacial score (nSPS) is 19.4. The molecule has 1 atom stereocenters. The number of nitro benzene ring substituents is 1. The van der Waals surface area contributed by atoms with E-state index in [2.05, 4.69) is 0 Å². The molecule has 1 aliphatic heterocycles. The van der Waals surface area contributed by atoms with Gasteiger partial charge in [0.05, 0.1) is 17.6 Å². The Labute approximate surface area is 121 Å². The molecule has 1 aromatic rings. The van der Waals surface area contributed by atoms with Crippen LogP contribution in [0.3, 0.4) is 0 Å². The molecule has 1 aromatic carbocycles. The zero-order chi connectivity index (χ0) is 15.4. The summed E-state index contributed by atoms with van der Waals surface area (Å²) in [6.07, 6.45) is -0.0531. The summed E-state index contributed by atoms with van der Waals surface area (Å²) >= 11 is 0. The second-order valence-corrected chi connectivity index (χ2v) is 4.93. The minimum Gasteiger partial charge on any atom is -0.374 e. The minimum atomic E-state index is -0.681. The molecule has 21 heavy (non-hydrogen) atoms. The van der Waals surface area contributed by atoms with Gasteiger partial charge in [0.1, 0.15) is 0 Å². The van der Waals surface area contributed by atoms with Crippen LogP contribution < -0.4 is 11.5 Å². The summed E-state index contributed by atoms with van der Waals surface area (Å²) in [6, 6.07) is 4.30. The second kappa shape index (κ2) is 6.61. The lowest BCUT2D eigenvalue weighted by Crippen LogP contribution is -2.45. The quantitative estimate of drug-likeness (QED) is 0.575. The first-order valence-corrected chi connectivity index (χ1v) is 6.62. The standard InChI is InChI=1S/C13H18N4O4/c14-6-11-8-16(3-4-21-11)7-10-2-1-9(13(15)18)5-12(10)17(19)20/h1-2,5,11H,3-4,6-8,14H2,(H2,15,18). The van der Waals surface area contributed by atoms with Crippen molar-refractivity contribution in [3.63, 3.8) is 0 Å². The van der Waals surface area contributed by atoms with E-state index in [1.807, 2.05) is 4.90 Å². The van der Waals surface area contributed by atoms with E-state index in [1.54, 1.807) is 6.07 Å². The maximum atomic E-state index is 11.1. The summed E-state index contributed by atoms with van der Waals surface area (Å²) in [7, 11) is 0. The molecule has 0 saturated carbocycles. The van der Waals surface area contributed by atoms with Crippen molar-refractivity contribution in [2.75, 3.05) is 26.2 Å². The highest BCUT2D eigenvalue weighted by Crippen LogP contribution is 2.22. The van der Waals surface area contributed by atoms with Crippen molar-refractivity contribution in [1.82, 2.24) is 4.90 Å². The largest absolute Gasteiger partial charge is 0.374 e. The Morgan fingerprint density at radius 2 is 2.29 bits per heavy atom. The lowest BCUT2D eigenvalue weighted by Gasteiger charge is -2.32. The highest BCUT2D eigenvalue weighted by Gasteiger charge is 2.23. The molecule has 8 nitrogen and oxygen atoms in total. The molecule has 0 spiro atoms. The number of nitrogens with zero attached hydrogens (tertiary/aromatic N) is 2. The highest BCUT2D eigenvalue weighted by atomic mass is 16.6. The number of nitro groups is 1. The smallest absolute Gasteiger partial charge is 0.274 e. The number of carbonyl (C=O) groups is 1. The number of ether oxygens (including phenoxy) is 1. The summed E-state index contributed by atoms with van der Waals surface area (Å²) in [6.45, 7) is 2.69. The van der Waals surface area contributed by atoms with E-state index < -0.39 is 10.8 Å². The van der Waals surface area contributed by atoms with Crippen LogP contribution in [0.1, 0.15) is 15.9 Å². The molecule has 1 amide bonds. The van der Waals surface area contributed by atoms with Crippen molar-refractivity contribution in [3.8, 4) is 0 Å². The van der Waals surface area contributed by atoms with Crippen molar-refractivity contribution in [2.45, 2.75) is 12.6 Å². The van der Waals surface area contributed by atoms with Crippen LogP contribution in [0.15, 0.2) is 18.2 Å². The Hall–Kier alpha value is -2.03. The molecule has 0 radical (unpaired) electrons. The molecule has 8 heteroatoms. The average molecular weight is 294 g/mol. The molecule has 114 valence electrons. The third-order valence-electron chi connectivity index (χ3n) is 3.45. The van der Waals surface area contributed by atoms with E-state index in [-0.39, 0.29) is 17.4 Å². The summed E-state index contributed by atoms with van der Waals surface area (Å²) < 4.78 is 5.46. The molecule has 1 fully saturated rings. The minimum absolute atomic E-state index is 0.0531. The number of primary amides is 1. The lowest BCUT2D eigenvalue weighted by atomic mass is 10.1. The summed E-state index contributed by atoms with van der Waals surface area (Å²) in [4.78, 5) is 23.8. The van der Waals surface area contributed by atoms with Gasteiger partial charge in [0.2, 0.25) is 5.91 Å². The molecule has 1 aliphatic rings. The fourth-order valence-corrected chi connectivity index (χ4v) is 2.33. The second-order valence-electron chi connectivity index (χ2n) is 4.93. The van der Waals surface area contributed by atoms with E-state index in [1.165, 1.54) is 12.1 Å². The SMILES string of the molecule is NCC1CN(Cc2ccc(C(N)=O)cc2[N+](=O)[O-])CCO1. The van der Waals surface area contributed by atoms with Crippen molar-refractivity contribution < 1.29 is 14.5 Å². The Morgan fingerprint density at radius 3 is 2.90 bits per heavy atom. The maximum Gasteiger partial charge on any atom is 0.274 e. The number of benzene rings is 1. The first kappa shape index (κ1) is 15.4. The number of carbonyl (C=O) groups excluding carboxylic acids is 1. The number of rotatable bonds is 5. The van der Waals surface area contributed by atoms with E-state index in [4.69, 9.17) is 16.2 Å². The predicted octanol–water partition coefficient (Wildman–Crippen LogP) is -0.147. The predicted molar refractivity (Wildman–Crippen MR) is 75.7 cm³/mol. The van der Waals surface area contributed by atoms with Gasteiger partial charge in [-0.15, -0.1) is 0 Å². The number of hydrogen-bond acceptors (Lipinski definition) is 6. The van der Waals surface area contributed by atoms with Gasteiger partial charge in [0.15, 0.2) is 0 Å². The van der Waals surface area contributed by atoms with Crippen molar-refractivity contribution >= 4 is 11.6 Å². The van der Waals surface area contributed by atoms with E-state index >= 15 is 0 Å². The Kier molecular flexibility index (Phi) is 4.84. The summed E-state index contributed by atoms with van der Waals surface area (Å²) in [5.74, 6) is -0.681. The number of nitrogens with two attached hydrogens (primary N) is 2. The number of amides is 1. The Bertz CT molecular complexity index is 549.